The van der Waals surface area contributed by atoms with E-state index in [1.165, 1.54) is 6.07 Å². The summed E-state index contributed by atoms with van der Waals surface area (Å²) < 4.78 is 26.7. The third-order valence-corrected chi connectivity index (χ3v) is 4.36. The van der Waals surface area contributed by atoms with Crippen molar-refractivity contribution in [3.8, 4) is 0 Å². The first-order valence-corrected chi connectivity index (χ1v) is 7.06. The van der Waals surface area contributed by atoms with Crippen LogP contribution in [-0.4, -0.2) is 18.6 Å². The monoisotopic (exact) mass is 285 g/mol. The van der Waals surface area contributed by atoms with Gasteiger partial charge in [-0.15, -0.1) is 0 Å². The molecule has 2 rings (SSSR count). The summed E-state index contributed by atoms with van der Waals surface area (Å²) in [7, 11) is -3.67. The van der Waals surface area contributed by atoms with Gasteiger partial charge in [-0.3, -0.25) is 9.82 Å². The van der Waals surface area contributed by atoms with E-state index in [2.05, 4.69) is 14.9 Å². The van der Waals surface area contributed by atoms with Crippen LogP contribution in [0.4, 0.5) is 5.82 Å². The van der Waals surface area contributed by atoms with E-state index >= 15 is 0 Å². The zero-order chi connectivity index (χ0) is 13.3. The van der Waals surface area contributed by atoms with E-state index in [4.69, 9.17) is 11.6 Å². The second-order valence-electron chi connectivity index (χ2n) is 3.90. The smallest absolute Gasteiger partial charge is 0.263 e. The standard InChI is InChI=1S/C11H12ClN3O2S/c1-7-6-11(14-13-7)15-18(16,17)10-5-3-4-9(12)8(10)2/h3-6H,1-2H3,(H2,13,14,15). The van der Waals surface area contributed by atoms with E-state index in [9.17, 15) is 8.42 Å². The molecule has 0 aliphatic heterocycles. The molecule has 2 N–H and O–H groups in total. The van der Waals surface area contributed by atoms with E-state index < -0.39 is 10.0 Å². The first-order chi connectivity index (χ1) is 8.40. The summed E-state index contributed by atoms with van der Waals surface area (Å²) in [6, 6.07) is 6.36. The molecule has 0 aliphatic carbocycles. The SMILES string of the molecule is Cc1cc(NS(=O)(=O)c2cccc(Cl)c2C)n[nH]1. The van der Waals surface area contributed by atoms with Gasteiger partial charge in [-0.2, -0.15) is 5.10 Å². The van der Waals surface area contributed by atoms with Crippen LogP contribution in [0.25, 0.3) is 0 Å². The van der Waals surface area contributed by atoms with Crippen molar-refractivity contribution in [2.75, 3.05) is 4.72 Å². The lowest BCUT2D eigenvalue weighted by Crippen LogP contribution is -2.14. The second-order valence-corrected chi connectivity index (χ2v) is 5.96. The van der Waals surface area contributed by atoms with Crippen molar-refractivity contribution in [3.05, 3.63) is 40.5 Å². The van der Waals surface area contributed by atoms with Crippen LogP contribution in [0.15, 0.2) is 29.2 Å². The van der Waals surface area contributed by atoms with Crippen molar-refractivity contribution in [3.63, 3.8) is 0 Å². The van der Waals surface area contributed by atoms with Crippen LogP contribution in [0.5, 0.6) is 0 Å². The van der Waals surface area contributed by atoms with E-state index in [-0.39, 0.29) is 10.7 Å². The fourth-order valence-electron chi connectivity index (χ4n) is 1.54. The van der Waals surface area contributed by atoms with Gasteiger partial charge in [-0.1, -0.05) is 17.7 Å². The normalized spacial score (nSPS) is 11.5. The third-order valence-electron chi connectivity index (χ3n) is 2.45. The Morgan fingerprint density at radius 2 is 2.06 bits per heavy atom. The topological polar surface area (TPSA) is 74.8 Å². The minimum Gasteiger partial charge on any atom is -0.281 e. The van der Waals surface area contributed by atoms with Gasteiger partial charge in [-0.05, 0) is 31.5 Å². The zero-order valence-electron chi connectivity index (χ0n) is 9.86. The molecule has 0 radical (unpaired) electrons. The van der Waals surface area contributed by atoms with Gasteiger partial charge in [-0.25, -0.2) is 8.42 Å². The van der Waals surface area contributed by atoms with Gasteiger partial charge in [0.1, 0.15) is 0 Å². The Bertz CT molecular complexity index is 679. The Kier molecular flexibility index (Phi) is 3.32. The highest BCUT2D eigenvalue weighted by molar-refractivity contribution is 7.92. The number of hydrogen-bond acceptors (Lipinski definition) is 3. The van der Waals surface area contributed by atoms with Crippen molar-refractivity contribution in [2.45, 2.75) is 18.7 Å². The van der Waals surface area contributed by atoms with Crippen molar-refractivity contribution in [1.82, 2.24) is 10.2 Å². The number of benzene rings is 1. The predicted molar refractivity (Wildman–Crippen MR) is 70.3 cm³/mol. The third kappa shape index (κ3) is 2.49. The van der Waals surface area contributed by atoms with E-state index in [1.807, 2.05) is 0 Å². The van der Waals surface area contributed by atoms with Gasteiger partial charge in [0.05, 0.1) is 4.90 Å². The van der Waals surface area contributed by atoms with Crippen LogP contribution < -0.4 is 4.72 Å². The van der Waals surface area contributed by atoms with Gasteiger partial charge in [0, 0.05) is 16.8 Å². The predicted octanol–water partition coefficient (Wildman–Crippen LogP) is 2.48. The summed E-state index contributed by atoms with van der Waals surface area (Å²) in [4.78, 5) is 0.149. The van der Waals surface area contributed by atoms with Crippen LogP contribution in [0.2, 0.25) is 5.02 Å². The largest absolute Gasteiger partial charge is 0.281 e. The molecule has 7 heteroatoms. The number of nitrogens with one attached hydrogen (secondary N) is 2. The fraction of sp³-hybridized carbons (Fsp3) is 0.182. The summed E-state index contributed by atoms with van der Waals surface area (Å²) in [5, 5.41) is 6.91. The van der Waals surface area contributed by atoms with Crippen molar-refractivity contribution in [1.29, 1.82) is 0 Å². The van der Waals surface area contributed by atoms with Crippen LogP contribution in [0.3, 0.4) is 0 Å². The number of hydrogen-bond donors (Lipinski definition) is 2. The van der Waals surface area contributed by atoms with Gasteiger partial charge >= 0.3 is 0 Å². The Morgan fingerprint density at radius 1 is 1.33 bits per heavy atom. The molecule has 1 aromatic carbocycles. The van der Waals surface area contributed by atoms with Crippen LogP contribution in [-0.2, 0) is 10.0 Å². The molecule has 0 spiro atoms. The molecule has 18 heavy (non-hydrogen) atoms. The molecule has 0 saturated heterocycles. The zero-order valence-corrected chi connectivity index (χ0v) is 11.4. The number of aromatic nitrogens is 2. The van der Waals surface area contributed by atoms with Crippen LogP contribution in [0, 0.1) is 13.8 Å². The number of anilines is 1. The molecule has 0 aliphatic rings. The summed E-state index contributed by atoms with van der Waals surface area (Å²) in [5.74, 6) is 0.256. The number of nitrogens with zero attached hydrogens (tertiary/aromatic N) is 1. The molecular formula is C11H12ClN3O2S. The molecule has 1 heterocycles. The number of halogens is 1. The van der Waals surface area contributed by atoms with Gasteiger partial charge in [0.2, 0.25) is 0 Å². The minimum atomic E-state index is -3.67. The lowest BCUT2D eigenvalue weighted by molar-refractivity contribution is 0.600. The molecular weight excluding hydrogens is 274 g/mol. The Morgan fingerprint density at radius 3 is 2.67 bits per heavy atom. The van der Waals surface area contributed by atoms with Crippen LogP contribution in [0.1, 0.15) is 11.3 Å². The molecule has 2 aromatic rings. The van der Waals surface area contributed by atoms with Crippen molar-refractivity contribution in [2.24, 2.45) is 0 Å². The second kappa shape index (κ2) is 4.62. The van der Waals surface area contributed by atoms with E-state index in [1.54, 1.807) is 32.0 Å². The average Bonchev–Trinajstić information content (AvgIpc) is 2.67. The Labute approximate surface area is 110 Å². The maximum absolute atomic E-state index is 12.2. The highest BCUT2D eigenvalue weighted by atomic mass is 35.5. The molecule has 1 aromatic heterocycles. The highest BCUT2D eigenvalue weighted by Crippen LogP contribution is 2.24. The first-order valence-electron chi connectivity index (χ1n) is 5.20. The number of aromatic amines is 1. The summed E-state index contributed by atoms with van der Waals surface area (Å²) >= 11 is 5.91. The number of H-pyrrole nitrogens is 1. The summed E-state index contributed by atoms with van der Waals surface area (Å²) in [6.07, 6.45) is 0. The van der Waals surface area contributed by atoms with Crippen molar-refractivity contribution >= 4 is 27.4 Å². The van der Waals surface area contributed by atoms with E-state index in [0.717, 1.165) is 5.69 Å². The fourth-order valence-corrected chi connectivity index (χ4v) is 3.03. The maximum Gasteiger partial charge on any atom is 0.263 e. The molecule has 0 amide bonds. The lowest BCUT2D eigenvalue weighted by atomic mass is 10.2. The maximum atomic E-state index is 12.2. The summed E-state index contributed by atoms with van der Waals surface area (Å²) in [6.45, 7) is 3.45. The van der Waals surface area contributed by atoms with Gasteiger partial charge in [0.15, 0.2) is 5.82 Å². The average molecular weight is 286 g/mol. The van der Waals surface area contributed by atoms with Crippen LogP contribution >= 0.6 is 11.6 Å². The van der Waals surface area contributed by atoms with E-state index in [0.29, 0.717) is 10.6 Å². The number of sulfonamides is 1. The molecule has 96 valence electrons. The molecule has 0 atom stereocenters. The van der Waals surface area contributed by atoms with Gasteiger partial charge < -0.3 is 0 Å². The highest BCUT2D eigenvalue weighted by Gasteiger charge is 2.19. The molecule has 0 unspecified atom stereocenters. The Balaban J connectivity index is 2.40. The molecule has 0 fully saturated rings. The number of aryl methyl sites for hydroxylation is 1. The quantitative estimate of drug-likeness (QED) is 0.910. The van der Waals surface area contributed by atoms with Gasteiger partial charge in [0.25, 0.3) is 10.0 Å². The number of rotatable bonds is 3. The molecule has 0 bridgehead atoms. The summed E-state index contributed by atoms with van der Waals surface area (Å²) in [5.41, 5.74) is 1.29. The first kappa shape index (κ1) is 12.9. The lowest BCUT2D eigenvalue weighted by Gasteiger charge is -2.09. The molecule has 5 nitrogen and oxygen atoms in total. The molecule has 0 saturated carbocycles. The minimum absolute atomic E-state index is 0.149. The Hall–Kier alpha value is -1.53. The van der Waals surface area contributed by atoms with Crippen molar-refractivity contribution < 1.29 is 8.42 Å².